The number of aromatic amines is 1. The van der Waals surface area contributed by atoms with Gasteiger partial charge < -0.3 is 15.4 Å². The first-order valence-corrected chi connectivity index (χ1v) is 8.97. The molecule has 0 amide bonds. The number of rotatable bonds is 3. The van der Waals surface area contributed by atoms with Crippen molar-refractivity contribution in [2.75, 3.05) is 5.32 Å². The van der Waals surface area contributed by atoms with Crippen LogP contribution >= 0.6 is 28.1 Å². The molecule has 0 aliphatic carbocycles. The first-order valence-electron chi connectivity index (χ1n) is 7.77. The molecule has 0 spiro atoms. The first-order chi connectivity index (χ1) is 11.9. The fraction of sp³-hybridized carbons (Fsp3) is 0.167. The Morgan fingerprint density at radius 2 is 1.92 bits per heavy atom. The molecule has 0 radical (unpaired) electrons. The third kappa shape index (κ3) is 4.05. The Balaban J connectivity index is 1.76. The van der Waals surface area contributed by atoms with Crippen molar-refractivity contribution >= 4 is 55.5 Å². The molecular formula is C18H17BrN4OS. The quantitative estimate of drug-likeness (QED) is 0.349. The molecule has 25 heavy (non-hydrogen) atoms. The topological polar surface area (TPSA) is 72.8 Å². The van der Waals surface area contributed by atoms with E-state index in [1.807, 2.05) is 30.3 Å². The van der Waals surface area contributed by atoms with Crippen molar-refractivity contribution in [1.29, 1.82) is 0 Å². The highest BCUT2D eigenvalue weighted by Gasteiger charge is 2.11. The molecule has 0 atom stereocenters. The zero-order valence-corrected chi connectivity index (χ0v) is 16.1. The molecule has 3 rings (SSSR count). The Morgan fingerprint density at radius 1 is 1.20 bits per heavy atom. The van der Waals surface area contributed by atoms with Gasteiger partial charge in [0, 0.05) is 15.5 Å². The van der Waals surface area contributed by atoms with Gasteiger partial charge in [-0.15, -0.1) is 10.2 Å². The van der Waals surface area contributed by atoms with Gasteiger partial charge in [-0.1, -0.05) is 41.9 Å². The summed E-state index contributed by atoms with van der Waals surface area (Å²) in [6.45, 7) is 4.29. The normalized spacial score (nSPS) is 11.5. The van der Waals surface area contributed by atoms with E-state index >= 15 is 0 Å². The maximum absolute atomic E-state index is 10.0. The number of nitrogens with one attached hydrogen (secondary N) is 2. The Kier molecular flexibility index (Phi) is 5.15. The molecule has 1 heterocycles. The second-order valence-electron chi connectivity index (χ2n) is 5.92. The molecule has 1 aromatic heterocycles. The minimum Gasteiger partial charge on any atom is -0.493 e. The second kappa shape index (κ2) is 7.33. The van der Waals surface area contributed by atoms with Crippen molar-refractivity contribution < 1.29 is 5.11 Å². The number of aromatic nitrogens is 1. The molecule has 0 unspecified atom stereocenters. The van der Waals surface area contributed by atoms with Gasteiger partial charge in [-0.25, -0.2) is 0 Å². The maximum Gasteiger partial charge on any atom is 0.218 e. The first kappa shape index (κ1) is 17.6. The Morgan fingerprint density at radius 3 is 2.60 bits per heavy atom. The number of thiocarbonyl (C=S) groups is 1. The Labute approximate surface area is 159 Å². The molecule has 0 aliphatic heterocycles. The number of azo groups is 1. The predicted molar refractivity (Wildman–Crippen MR) is 109 cm³/mol. The third-order valence-corrected chi connectivity index (χ3v) is 4.46. The molecule has 0 fully saturated rings. The second-order valence-corrected chi connectivity index (χ2v) is 7.22. The monoisotopic (exact) mass is 416 g/mol. The van der Waals surface area contributed by atoms with Crippen LogP contribution in [0.3, 0.4) is 0 Å². The summed E-state index contributed by atoms with van der Waals surface area (Å²) in [6, 6.07) is 13.6. The zero-order valence-electron chi connectivity index (χ0n) is 13.7. The van der Waals surface area contributed by atoms with E-state index < -0.39 is 0 Å². The van der Waals surface area contributed by atoms with E-state index in [2.05, 4.69) is 62.4 Å². The highest BCUT2D eigenvalue weighted by atomic mass is 79.9. The zero-order chi connectivity index (χ0) is 18.0. The molecule has 5 nitrogen and oxygen atoms in total. The fourth-order valence-electron chi connectivity index (χ4n) is 2.43. The van der Waals surface area contributed by atoms with Gasteiger partial charge in [0.05, 0.1) is 5.52 Å². The summed E-state index contributed by atoms with van der Waals surface area (Å²) in [5, 5.41) is 22.1. The molecule has 3 aromatic rings. The van der Waals surface area contributed by atoms with E-state index in [4.69, 9.17) is 12.2 Å². The van der Waals surface area contributed by atoms with Crippen molar-refractivity contribution in [1.82, 2.24) is 4.98 Å². The number of anilines is 1. The van der Waals surface area contributed by atoms with Crippen LogP contribution in [-0.4, -0.2) is 15.2 Å². The summed E-state index contributed by atoms with van der Waals surface area (Å²) in [6.07, 6.45) is 0. The summed E-state index contributed by atoms with van der Waals surface area (Å²) in [5.74, 6) is 0.436. The van der Waals surface area contributed by atoms with Crippen molar-refractivity contribution in [3.8, 4) is 5.88 Å². The van der Waals surface area contributed by atoms with Crippen LogP contribution in [0.5, 0.6) is 5.88 Å². The van der Waals surface area contributed by atoms with Gasteiger partial charge in [-0.05, 0) is 54.0 Å². The van der Waals surface area contributed by atoms with Crippen molar-refractivity contribution in [3.05, 3.63) is 52.5 Å². The highest BCUT2D eigenvalue weighted by Crippen LogP contribution is 2.36. The molecule has 128 valence electrons. The molecule has 3 N–H and O–H groups in total. The van der Waals surface area contributed by atoms with Crippen molar-refractivity contribution in [2.24, 2.45) is 10.2 Å². The van der Waals surface area contributed by atoms with E-state index in [-0.39, 0.29) is 11.0 Å². The van der Waals surface area contributed by atoms with Gasteiger partial charge in [0.25, 0.3) is 0 Å². The Bertz CT molecular complexity index is 948. The maximum atomic E-state index is 10.0. The number of hydrogen-bond donors (Lipinski definition) is 3. The van der Waals surface area contributed by atoms with Gasteiger partial charge in [0.15, 0.2) is 5.69 Å². The number of halogens is 1. The number of aromatic hydroxyl groups is 1. The van der Waals surface area contributed by atoms with Crippen LogP contribution in [0, 0.1) is 0 Å². The number of hydrogen-bond acceptors (Lipinski definition) is 3. The molecule has 0 bridgehead atoms. The smallest absolute Gasteiger partial charge is 0.218 e. The van der Waals surface area contributed by atoms with Crippen LogP contribution in [0.25, 0.3) is 10.9 Å². The van der Waals surface area contributed by atoms with Crippen LogP contribution in [0.15, 0.2) is 57.2 Å². The van der Waals surface area contributed by atoms with E-state index in [1.54, 1.807) is 0 Å². The summed E-state index contributed by atoms with van der Waals surface area (Å²) >= 11 is 8.62. The molecule has 0 saturated carbocycles. The van der Waals surface area contributed by atoms with Crippen LogP contribution in [-0.2, 0) is 0 Å². The molecule has 2 aromatic carbocycles. The third-order valence-electron chi connectivity index (χ3n) is 3.78. The number of nitrogens with zero attached hydrogens (tertiary/aromatic N) is 2. The van der Waals surface area contributed by atoms with E-state index in [1.165, 1.54) is 5.56 Å². The fourth-order valence-corrected chi connectivity index (χ4v) is 2.95. The highest BCUT2D eigenvalue weighted by molar-refractivity contribution is 9.10. The minimum atomic E-state index is -0.0408. The lowest BCUT2D eigenvalue weighted by Gasteiger charge is -2.07. The average molecular weight is 417 g/mol. The van der Waals surface area contributed by atoms with Crippen molar-refractivity contribution in [2.45, 2.75) is 19.8 Å². The predicted octanol–water partition coefficient (Wildman–Crippen LogP) is 6.24. The summed E-state index contributed by atoms with van der Waals surface area (Å²) in [7, 11) is 0. The van der Waals surface area contributed by atoms with Gasteiger partial charge >= 0.3 is 0 Å². The van der Waals surface area contributed by atoms with Gasteiger partial charge in [0.2, 0.25) is 11.0 Å². The lowest BCUT2D eigenvalue weighted by Crippen LogP contribution is -2.04. The summed E-state index contributed by atoms with van der Waals surface area (Å²) in [5.41, 5.74) is 3.24. The largest absolute Gasteiger partial charge is 0.493 e. The molecular weight excluding hydrogens is 400 g/mol. The number of benzene rings is 2. The van der Waals surface area contributed by atoms with E-state index in [0.29, 0.717) is 11.6 Å². The number of fused-ring (bicyclic) bond motifs is 1. The lowest BCUT2D eigenvalue weighted by atomic mass is 10.0. The molecule has 0 aliphatic rings. The van der Waals surface area contributed by atoms with Gasteiger partial charge in [-0.2, -0.15) is 0 Å². The van der Waals surface area contributed by atoms with Crippen LogP contribution in [0.1, 0.15) is 25.3 Å². The summed E-state index contributed by atoms with van der Waals surface area (Å²) < 4.78 is 0.890. The molecule has 7 heteroatoms. The minimum absolute atomic E-state index is 0.0408. The standard InChI is InChI=1S/C18H17BrN4OS/c1-10(2)11-3-6-13(7-4-11)20-18(25)23-22-16-14-9-12(19)5-8-15(14)21-17(16)24/h3-10,21,24H,1-2H3,(H,20,25). The van der Waals surface area contributed by atoms with E-state index in [0.717, 1.165) is 21.1 Å². The van der Waals surface area contributed by atoms with Crippen LogP contribution < -0.4 is 5.32 Å². The van der Waals surface area contributed by atoms with Gasteiger partial charge in [0.1, 0.15) is 0 Å². The summed E-state index contributed by atoms with van der Waals surface area (Å²) in [4.78, 5) is 2.86. The number of H-pyrrole nitrogens is 1. The Hall–Kier alpha value is -2.25. The van der Waals surface area contributed by atoms with E-state index in [9.17, 15) is 5.11 Å². The van der Waals surface area contributed by atoms with Crippen LogP contribution in [0.4, 0.5) is 11.4 Å². The van der Waals surface area contributed by atoms with Crippen LogP contribution in [0.2, 0.25) is 0 Å². The average Bonchev–Trinajstić information content (AvgIpc) is 2.88. The molecule has 0 saturated heterocycles. The lowest BCUT2D eigenvalue weighted by molar-refractivity contribution is 0.459. The van der Waals surface area contributed by atoms with Crippen molar-refractivity contribution in [3.63, 3.8) is 0 Å². The van der Waals surface area contributed by atoms with Gasteiger partial charge in [-0.3, -0.25) is 0 Å². The SMILES string of the molecule is CC(C)c1ccc(NC(=S)N=Nc2c(O)[nH]c3ccc(Br)cc23)cc1.